The van der Waals surface area contributed by atoms with E-state index in [-0.39, 0.29) is 12.0 Å². The summed E-state index contributed by atoms with van der Waals surface area (Å²) in [6.07, 6.45) is 5.22. The van der Waals surface area contributed by atoms with Gasteiger partial charge in [-0.1, -0.05) is 23.4 Å². The first-order valence-corrected chi connectivity index (χ1v) is 9.43. The maximum Gasteiger partial charge on any atom is 0.335 e. The van der Waals surface area contributed by atoms with E-state index in [1.807, 2.05) is 24.3 Å². The summed E-state index contributed by atoms with van der Waals surface area (Å²) < 4.78 is 5.49. The first-order chi connectivity index (χ1) is 13.6. The molecule has 1 aromatic carbocycles. The Morgan fingerprint density at radius 1 is 1.21 bits per heavy atom. The zero-order valence-electron chi connectivity index (χ0n) is 15.7. The molecule has 1 N–H and O–H groups in total. The standard InChI is InChI=1S/C21H22N4O3/c1-14(20-23-19(24-28-20)16-5-4-10-22-13-16)25-11-8-15(9-12-25)17-6-2-3-7-18(17)21(26)27/h2-7,10,13-15H,8-9,11-12H2,1H3,(H,26,27). The molecule has 144 valence electrons. The molecule has 0 amide bonds. The number of carboxylic acid groups (broad SMARTS) is 1. The number of hydrogen-bond donors (Lipinski definition) is 1. The highest BCUT2D eigenvalue weighted by Crippen LogP contribution is 2.33. The van der Waals surface area contributed by atoms with Gasteiger partial charge in [-0.05, 0) is 62.5 Å². The average molecular weight is 378 g/mol. The molecule has 1 atom stereocenters. The molecular weight excluding hydrogens is 356 g/mol. The monoisotopic (exact) mass is 378 g/mol. The molecule has 3 heterocycles. The summed E-state index contributed by atoms with van der Waals surface area (Å²) in [6, 6.07) is 11.1. The zero-order chi connectivity index (χ0) is 19.5. The number of piperidine rings is 1. The number of aromatic nitrogens is 3. The summed E-state index contributed by atoms with van der Waals surface area (Å²) in [6.45, 7) is 3.76. The van der Waals surface area contributed by atoms with E-state index in [4.69, 9.17) is 4.52 Å². The molecule has 7 heteroatoms. The summed E-state index contributed by atoms with van der Waals surface area (Å²) in [5.74, 6) is 0.521. The Kier molecular flexibility index (Phi) is 5.16. The van der Waals surface area contributed by atoms with Gasteiger partial charge < -0.3 is 9.63 Å². The number of hydrogen-bond acceptors (Lipinski definition) is 6. The third-order valence-corrected chi connectivity index (χ3v) is 5.43. The Bertz CT molecular complexity index is 949. The molecule has 28 heavy (non-hydrogen) atoms. The fraction of sp³-hybridized carbons (Fsp3) is 0.333. The fourth-order valence-corrected chi connectivity index (χ4v) is 3.82. The lowest BCUT2D eigenvalue weighted by molar-refractivity contribution is 0.0693. The van der Waals surface area contributed by atoms with Crippen molar-refractivity contribution >= 4 is 5.97 Å². The minimum Gasteiger partial charge on any atom is -0.478 e. The fourth-order valence-electron chi connectivity index (χ4n) is 3.82. The van der Waals surface area contributed by atoms with Crippen molar-refractivity contribution in [1.29, 1.82) is 0 Å². The topological polar surface area (TPSA) is 92.4 Å². The van der Waals surface area contributed by atoms with Crippen LogP contribution < -0.4 is 0 Å². The lowest BCUT2D eigenvalue weighted by Gasteiger charge is -2.35. The highest BCUT2D eigenvalue weighted by atomic mass is 16.5. The predicted octanol–water partition coefficient (Wildman–Crippen LogP) is 3.77. The number of pyridine rings is 1. The third-order valence-electron chi connectivity index (χ3n) is 5.43. The van der Waals surface area contributed by atoms with Crippen LogP contribution in [0.15, 0.2) is 53.3 Å². The molecule has 1 saturated heterocycles. The Labute approximate surface area is 163 Å². The van der Waals surface area contributed by atoms with Crippen LogP contribution in [0.3, 0.4) is 0 Å². The van der Waals surface area contributed by atoms with Crippen molar-refractivity contribution in [2.75, 3.05) is 13.1 Å². The Balaban J connectivity index is 1.43. The van der Waals surface area contributed by atoms with Gasteiger partial charge in [0.05, 0.1) is 11.6 Å². The van der Waals surface area contributed by atoms with Gasteiger partial charge in [-0.25, -0.2) is 4.79 Å². The van der Waals surface area contributed by atoms with Crippen molar-refractivity contribution in [2.45, 2.75) is 31.7 Å². The first-order valence-electron chi connectivity index (χ1n) is 9.43. The van der Waals surface area contributed by atoms with Crippen molar-refractivity contribution in [2.24, 2.45) is 0 Å². The number of carbonyl (C=O) groups is 1. The quantitative estimate of drug-likeness (QED) is 0.722. The highest BCUT2D eigenvalue weighted by Gasteiger charge is 2.29. The molecule has 0 aliphatic carbocycles. The van der Waals surface area contributed by atoms with E-state index >= 15 is 0 Å². The molecule has 0 saturated carbocycles. The number of carboxylic acids is 1. The van der Waals surface area contributed by atoms with E-state index in [1.54, 1.807) is 24.5 Å². The molecule has 4 rings (SSSR count). The second-order valence-corrected chi connectivity index (χ2v) is 7.08. The Morgan fingerprint density at radius 3 is 2.71 bits per heavy atom. The van der Waals surface area contributed by atoms with Crippen molar-refractivity contribution in [3.8, 4) is 11.4 Å². The lowest BCUT2D eigenvalue weighted by atomic mass is 9.86. The molecule has 0 radical (unpaired) electrons. The van der Waals surface area contributed by atoms with Gasteiger partial charge in [0.25, 0.3) is 0 Å². The SMILES string of the molecule is CC(c1nc(-c2cccnc2)no1)N1CCC(c2ccccc2C(=O)O)CC1. The molecule has 1 unspecified atom stereocenters. The Morgan fingerprint density at radius 2 is 2.00 bits per heavy atom. The maximum absolute atomic E-state index is 11.5. The summed E-state index contributed by atoms with van der Waals surface area (Å²) in [7, 11) is 0. The predicted molar refractivity (Wildman–Crippen MR) is 103 cm³/mol. The molecule has 7 nitrogen and oxygen atoms in total. The summed E-state index contributed by atoms with van der Waals surface area (Å²) in [5.41, 5.74) is 2.17. The molecular formula is C21H22N4O3. The zero-order valence-corrected chi connectivity index (χ0v) is 15.7. The number of rotatable bonds is 5. The van der Waals surface area contributed by atoms with E-state index in [1.165, 1.54) is 0 Å². The average Bonchev–Trinajstić information content (AvgIpc) is 3.24. The van der Waals surface area contributed by atoms with Gasteiger partial charge in [0.2, 0.25) is 11.7 Å². The number of likely N-dealkylation sites (tertiary alicyclic amines) is 1. The molecule has 3 aromatic rings. The molecule has 1 aliphatic heterocycles. The van der Waals surface area contributed by atoms with Gasteiger partial charge in [-0.3, -0.25) is 9.88 Å². The molecule has 1 fully saturated rings. The van der Waals surface area contributed by atoms with Crippen LogP contribution in [-0.4, -0.2) is 44.2 Å². The highest BCUT2D eigenvalue weighted by molar-refractivity contribution is 5.89. The first kappa shape index (κ1) is 18.3. The number of nitrogens with zero attached hydrogens (tertiary/aromatic N) is 4. The summed E-state index contributed by atoms with van der Waals surface area (Å²) in [5, 5.41) is 13.5. The van der Waals surface area contributed by atoms with Gasteiger partial charge in [0.1, 0.15) is 0 Å². The van der Waals surface area contributed by atoms with E-state index in [9.17, 15) is 9.90 Å². The van der Waals surface area contributed by atoms with Crippen LogP contribution in [0.25, 0.3) is 11.4 Å². The second-order valence-electron chi connectivity index (χ2n) is 7.08. The molecule has 0 spiro atoms. The summed E-state index contributed by atoms with van der Waals surface area (Å²) >= 11 is 0. The largest absolute Gasteiger partial charge is 0.478 e. The van der Waals surface area contributed by atoms with E-state index in [0.717, 1.165) is 37.1 Å². The van der Waals surface area contributed by atoms with Crippen molar-refractivity contribution in [3.63, 3.8) is 0 Å². The smallest absolute Gasteiger partial charge is 0.335 e. The molecule has 2 aromatic heterocycles. The van der Waals surface area contributed by atoms with Gasteiger partial charge in [-0.2, -0.15) is 4.98 Å². The number of benzene rings is 1. The van der Waals surface area contributed by atoms with E-state index < -0.39 is 5.97 Å². The second kappa shape index (κ2) is 7.90. The maximum atomic E-state index is 11.5. The third kappa shape index (κ3) is 3.66. The Hall–Kier alpha value is -3.06. The van der Waals surface area contributed by atoms with Crippen LogP contribution in [0.5, 0.6) is 0 Å². The minimum absolute atomic E-state index is 0.00795. The summed E-state index contributed by atoms with van der Waals surface area (Å²) in [4.78, 5) is 22.4. The van der Waals surface area contributed by atoms with Crippen LogP contribution in [0.1, 0.15) is 53.5 Å². The number of aromatic carboxylic acids is 1. The van der Waals surface area contributed by atoms with Crippen molar-refractivity contribution < 1.29 is 14.4 Å². The molecule has 1 aliphatic rings. The normalized spacial score (nSPS) is 16.8. The van der Waals surface area contributed by atoms with Crippen LogP contribution in [-0.2, 0) is 0 Å². The van der Waals surface area contributed by atoms with Gasteiger partial charge in [0.15, 0.2) is 0 Å². The van der Waals surface area contributed by atoms with Gasteiger partial charge in [0, 0.05) is 18.0 Å². The van der Waals surface area contributed by atoms with Crippen molar-refractivity contribution in [1.82, 2.24) is 20.0 Å². The van der Waals surface area contributed by atoms with Crippen LogP contribution in [0, 0.1) is 0 Å². The minimum atomic E-state index is -0.861. The van der Waals surface area contributed by atoms with Gasteiger partial charge >= 0.3 is 5.97 Å². The lowest BCUT2D eigenvalue weighted by Crippen LogP contribution is -2.35. The molecule has 0 bridgehead atoms. The van der Waals surface area contributed by atoms with Crippen LogP contribution in [0.2, 0.25) is 0 Å². The van der Waals surface area contributed by atoms with Crippen LogP contribution in [0.4, 0.5) is 0 Å². The van der Waals surface area contributed by atoms with E-state index in [0.29, 0.717) is 17.3 Å². The van der Waals surface area contributed by atoms with Gasteiger partial charge in [-0.15, -0.1) is 0 Å². The van der Waals surface area contributed by atoms with Crippen molar-refractivity contribution in [3.05, 3.63) is 65.8 Å². The van der Waals surface area contributed by atoms with Crippen LogP contribution >= 0.6 is 0 Å². The van der Waals surface area contributed by atoms with E-state index in [2.05, 4.69) is 26.9 Å².